The largest absolute Gasteiger partial charge is 0.497 e. The van der Waals surface area contributed by atoms with Crippen molar-refractivity contribution in [1.29, 1.82) is 0 Å². The average Bonchev–Trinajstić information content (AvgIpc) is 2.47. The number of nitrogens with one attached hydrogen (secondary N) is 1. The zero-order chi connectivity index (χ0) is 15.2. The van der Waals surface area contributed by atoms with Crippen LogP contribution in [0.2, 0.25) is 0 Å². The van der Waals surface area contributed by atoms with Gasteiger partial charge in [-0.15, -0.1) is 0 Å². The van der Waals surface area contributed by atoms with Gasteiger partial charge in [-0.1, -0.05) is 12.1 Å². The van der Waals surface area contributed by atoms with Crippen LogP contribution in [0.3, 0.4) is 0 Å². The van der Waals surface area contributed by atoms with E-state index in [4.69, 9.17) is 4.74 Å². The van der Waals surface area contributed by atoms with E-state index in [0.29, 0.717) is 18.0 Å². The minimum Gasteiger partial charge on any atom is -0.497 e. The number of ether oxygens (including phenoxy) is 2. The molecule has 21 heavy (non-hydrogen) atoms. The Hall–Kier alpha value is -2.37. The van der Waals surface area contributed by atoms with Gasteiger partial charge in [0, 0.05) is 12.6 Å². The molecule has 0 atom stereocenters. The monoisotopic (exact) mass is 297 g/mol. The van der Waals surface area contributed by atoms with E-state index in [1.165, 1.54) is 31.4 Å². The third-order valence-corrected chi connectivity index (χ3v) is 2.81. The highest BCUT2D eigenvalue weighted by Crippen LogP contribution is 2.22. The van der Waals surface area contributed by atoms with Gasteiger partial charge in [-0.25, -0.2) is 4.39 Å². The molecule has 0 heterocycles. The lowest BCUT2D eigenvalue weighted by atomic mass is 10.2. The minimum absolute atomic E-state index is 0.0845. The molecule has 2 aromatic carbocycles. The Kier molecular flexibility index (Phi) is 4.92. The van der Waals surface area contributed by atoms with Crippen molar-refractivity contribution in [3.05, 3.63) is 53.8 Å². The van der Waals surface area contributed by atoms with Crippen LogP contribution >= 0.6 is 0 Å². The molecule has 0 radical (unpaired) electrons. The molecule has 0 aliphatic rings. The van der Waals surface area contributed by atoms with Gasteiger partial charge in [0.2, 0.25) is 0 Å². The Bertz CT molecular complexity index is 588. The van der Waals surface area contributed by atoms with Crippen molar-refractivity contribution in [1.82, 2.24) is 0 Å². The molecule has 6 heteroatoms. The molecule has 0 unspecified atom stereocenters. The average molecular weight is 297 g/mol. The van der Waals surface area contributed by atoms with Crippen molar-refractivity contribution < 1.29 is 22.6 Å². The van der Waals surface area contributed by atoms with Crippen LogP contribution in [-0.4, -0.2) is 13.7 Å². The third-order valence-electron chi connectivity index (χ3n) is 2.81. The number of anilines is 1. The molecule has 1 N–H and O–H groups in total. The number of rotatable bonds is 6. The first-order valence-electron chi connectivity index (χ1n) is 6.19. The Labute approximate surface area is 120 Å². The second-order valence-electron chi connectivity index (χ2n) is 4.22. The molecule has 0 aromatic heterocycles. The van der Waals surface area contributed by atoms with E-state index in [0.717, 1.165) is 5.56 Å². The van der Waals surface area contributed by atoms with Gasteiger partial charge in [0.1, 0.15) is 17.3 Å². The van der Waals surface area contributed by atoms with Crippen LogP contribution in [0.5, 0.6) is 11.5 Å². The third kappa shape index (κ3) is 4.30. The normalized spacial score (nSPS) is 10.5. The van der Waals surface area contributed by atoms with Gasteiger partial charge in [-0.2, -0.15) is 8.78 Å². The van der Waals surface area contributed by atoms with Crippen molar-refractivity contribution in [2.75, 3.05) is 12.4 Å². The Morgan fingerprint density at radius 1 is 1.05 bits per heavy atom. The predicted molar refractivity (Wildman–Crippen MR) is 73.4 cm³/mol. The molecule has 0 bridgehead atoms. The summed E-state index contributed by atoms with van der Waals surface area (Å²) in [5.74, 6) is 0.231. The van der Waals surface area contributed by atoms with Crippen molar-refractivity contribution in [2.24, 2.45) is 0 Å². The molecular weight excluding hydrogens is 283 g/mol. The lowest BCUT2D eigenvalue weighted by molar-refractivity contribution is -0.0498. The topological polar surface area (TPSA) is 30.5 Å². The van der Waals surface area contributed by atoms with Crippen LogP contribution in [0.25, 0.3) is 0 Å². The van der Waals surface area contributed by atoms with Gasteiger partial charge in [-0.3, -0.25) is 0 Å². The highest BCUT2D eigenvalue weighted by molar-refractivity contribution is 5.50. The second kappa shape index (κ2) is 6.88. The summed E-state index contributed by atoms with van der Waals surface area (Å²) in [5.41, 5.74) is 1.11. The van der Waals surface area contributed by atoms with Gasteiger partial charge in [0.25, 0.3) is 0 Å². The number of hydrogen-bond acceptors (Lipinski definition) is 3. The number of halogens is 3. The number of alkyl halides is 2. The molecule has 0 fully saturated rings. The van der Waals surface area contributed by atoms with Crippen molar-refractivity contribution in [3.63, 3.8) is 0 Å². The molecule has 2 rings (SSSR count). The minimum atomic E-state index is -2.85. The van der Waals surface area contributed by atoms with E-state index in [-0.39, 0.29) is 5.75 Å². The highest BCUT2D eigenvalue weighted by atomic mass is 19.3. The van der Waals surface area contributed by atoms with Gasteiger partial charge in [0.15, 0.2) is 0 Å². The molecule has 0 saturated heterocycles. The zero-order valence-corrected chi connectivity index (χ0v) is 11.3. The number of methoxy groups -OCH3 is 1. The molecular formula is C15H14F3NO2. The van der Waals surface area contributed by atoms with Crippen LogP contribution in [0.1, 0.15) is 5.56 Å². The van der Waals surface area contributed by atoms with E-state index >= 15 is 0 Å². The second-order valence-corrected chi connectivity index (χ2v) is 4.22. The summed E-state index contributed by atoms with van der Waals surface area (Å²) < 4.78 is 46.9. The fraction of sp³-hybridized carbons (Fsp3) is 0.200. The van der Waals surface area contributed by atoms with Crippen molar-refractivity contribution in [2.45, 2.75) is 13.2 Å². The van der Waals surface area contributed by atoms with E-state index in [1.807, 2.05) is 0 Å². The maximum Gasteiger partial charge on any atom is 0.387 e. The SMILES string of the molecule is COc1ccc(F)c(NCc2ccc(OC(F)F)cc2)c1. The van der Waals surface area contributed by atoms with E-state index in [1.54, 1.807) is 18.2 Å². The quantitative estimate of drug-likeness (QED) is 0.872. The highest BCUT2D eigenvalue weighted by Gasteiger charge is 2.05. The molecule has 2 aromatic rings. The lowest BCUT2D eigenvalue weighted by Crippen LogP contribution is -2.03. The first kappa shape index (κ1) is 15.0. The standard InChI is InChI=1S/C15H14F3NO2/c1-20-12-6-7-13(16)14(8-12)19-9-10-2-4-11(5-3-10)21-15(17)18/h2-8,15,19H,9H2,1H3. The van der Waals surface area contributed by atoms with E-state index in [9.17, 15) is 13.2 Å². The lowest BCUT2D eigenvalue weighted by Gasteiger charge is -2.10. The summed E-state index contributed by atoms with van der Waals surface area (Å²) >= 11 is 0. The maximum absolute atomic E-state index is 13.6. The molecule has 0 aliphatic heterocycles. The summed E-state index contributed by atoms with van der Waals surface area (Å²) in [4.78, 5) is 0. The summed E-state index contributed by atoms with van der Waals surface area (Å²) in [5, 5.41) is 2.92. The first-order chi connectivity index (χ1) is 10.1. The first-order valence-corrected chi connectivity index (χ1v) is 6.19. The van der Waals surface area contributed by atoms with Gasteiger partial charge in [-0.05, 0) is 29.8 Å². The number of hydrogen-bond donors (Lipinski definition) is 1. The van der Waals surface area contributed by atoms with Crippen LogP contribution < -0.4 is 14.8 Å². The Balaban J connectivity index is 1.99. The van der Waals surface area contributed by atoms with Gasteiger partial charge in [0.05, 0.1) is 12.8 Å². The Morgan fingerprint density at radius 3 is 2.33 bits per heavy atom. The molecule has 3 nitrogen and oxygen atoms in total. The molecule has 0 spiro atoms. The van der Waals surface area contributed by atoms with Crippen molar-refractivity contribution in [3.8, 4) is 11.5 Å². The zero-order valence-electron chi connectivity index (χ0n) is 11.3. The predicted octanol–water partition coefficient (Wildman–Crippen LogP) is 4.05. The summed E-state index contributed by atoms with van der Waals surface area (Å²) in [6.45, 7) is -2.50. The summed E-state index contributed by atoms with van der Waals surface area (Å²) in [6.07, 6.45) is 0. The molecule has 112 valence electrons. The number of benzene rings is 2. The van der Waals surface area contributed by atoms with E-state index in [2.05, 4.69) is 10.1 Å². The molecule has 0 aliphatic carbocycles. The molecule has 0 amide bonds. The fourth-order valence-corrected chi connectivity index (χ4v) is 1.75. The Morgan fingerprint density at radius 2 is 1.71 bits per heavy atom. The van der Waals surface area contributed by atoms with Crippen molar-refractivity contribution >= 4 is 5.69 Å². The van der Waals surface area contributed by atoms with Crippen LogP contribution in [0.15, 0.2) is 42.5 Å². The van der Waals surface area contributed by atoms with Gasteiger partial charge >= 0.3 is 6.61 Å². The van der Waals surface area contributed by atoms with E-state index < -0.39 is 12.4 Å². The van der Waals surface area contributed by atoms with Gasteiger partial charge < -0.3 is 14.8 Å². The van der Waals surface area contributed by atoms with Crippen LogP contribution in [0.4, 0.5) is 18.9 Å². The summed E-state index contributed by atoms with van der Waals surface area (Å²) in [7, 11) is 1.50. The maximum atomic E-state index is 13.6. The molecule has 0 saturated carbocycles. The van der Waals surface area contributed by atoms with Crippen LogP contribution in [-0.2, 0) is 6.54 Å². The smallest absolute Gasteiger partial charge is 0.387 e. The van der Waals surface area contributed by atoms with Crippen LogP contribution in [0, 0.1) is 5.82 Å². The fourth-order valence-electron chi connectivity index (χ4n) is 1.75. The summed E-state index contributed by atoms with van der Waals surface area (Å²) in [6, 6.07) is 10.5.